The second kappa shape index (κ2) is 5.02. The third-order valence-electron chi connectivity index (χ3n) is 3.83. The van der Waals surface area contributed by atoms with Crippen LogP contribution in [0.4, 0.5) is 5.69 Å². The molecule has 0 saturated carbocycles. The van der Waals surface area contributed by atoms with Crippen LogP contribution in [0.3, 0.4) is 0 Å². The summed E-state index contributed by atoms with van der Waals surface area (Å²) in [6.07, 6.45) is 0.102. The topological polar surface area (TPSA) is 52.3 Å². The monoisotopic (exact) mass is 311 g/mol. The van der Waals surface area contributed by atoms with Crippen LogP contribution < -0.4 is 5.73 Å². The van der Waals surface area contributed by atoms with E-state index in [4.69, 9.17) is 10.5 Å². The first kappa shape index (κ1) is 13.6. The molecule has 0 amide bonds. The van der Waals surface area contributed by atoms with Crippen LogP contribution in [0.1, 0.15) is 31.1 Å². The van der Waals surface area contributed by atoms with E-state index < -0.39 is 0 Å². The average Bonchev–Trinajstić information content (AvgIpc) is 2.56. The summed E-state index contributed by atoms with van der Waals surface area (Å²) >= 11 is 3.36. The zero-order valence-electron chi connectivity index (χ0n) is 10.8. The van der Waals surface area contributed by atoms with Crippen molar-refractivity contribution in [1.29, 1.82) is 0 Å². The lowest BCUT2D eigenvalue weighted by Gasteiger charge is -2.17. The predicted molar refractivity (Wildman–Crippen MR) is 75.5 cm³/mol. The molecule has 1 saturated heterocycles. The SMILES string of the molecule is CC1OC(C)C(C(=O)c2ccc(N)c(Br)c2)C1C. The molecule has 4 atom stereocenters. The highest BCUT2D eigenvalue weighted by Crippen LogP contribution is 2.35. The number of ketones is 1. The highest BCUT2D eigenvalue weighted by atomic mass is 79.9. The highest BCUT2D eigenvalue weighted by molar-refractivity contribution is 9.10. The van der Waals surface area contributed by atoms with Crippen molar-refractivity contribution in [3.05, 3.63) is 28.2 Å². The van der Waals surface area contributed by atoms with Gasteiger partial charge in [-0.15, -0.1) is 0 Å². The van der Waals surface area contributed by atoms with E-state index in [2.05, 4.69) is 22.9 Å². The fourth-order valence-electron chi connectivity index (χ4n) is 2.59. The molecule has 98 valence electrons. The number of anilines is 1. The van der Waals surface area contributed by atoms with Crippen LogP contribution in [0, 0.1) is 11.8 Å². The molecule has 1 aliphatic heterocycles. The van der Waals surface area contributed by atoms with E-state index in [-0.39, 0.29) is 29.8 Å². The molecule has 1 heterocycles. The lowest BCUT2D eigenvalue weighted by atomic mass is 9.83. The van der Waals surface area contributed by atoms with Gasteiger partial charge >= 0.3 is 0 Å². The first-order chi connectivity index (χ1) is 8.41. The Morgan fingerprint density at radius 2 is 1.94 bits per heavy atom. The van der Waals surface area contributed by atoms with Crippen molar-refractivity contribution in [3.63, 3.8) is 0 Å². The van der Waals surface area contributed by atoms with Crippen molar-refractivity contribution in [2.24, 2.45) is 11.8 Å². The quantitative estimate of drug-likeness (QED) is 0.673. The van der Waals surface area contributed by atoms with Gasteiger partial charge in [0.15, 0.2) is 5.78 Å². The van der Waals surface area contributed by atoms with E-state index in [1.54, 1.807) is 18.2 Å². The van der Waals surface area contributed by atoms with Crippen LogP contribution >= 0.6 is 15.9 Å². The number of Topliss-reactive ketones (excluding diaryl/α,β-unsaturated/α-hetero) is 1. The Kier molecular flexibility index (Phi) is 3.78. The molecule has 18 heavy (non-hydrogen) atoms. The Hall–Kier alpha value is -0.870. The van der Waals surface area contributed by atoms with E-state index in [0.29, 0.717) is 11.3 Å². The minimum absolute atomic E-state index is 0.0289. The number of nitrogen functional groups attached to an aromatic ring is 1. The Labute approximate surface area is 116 Å². The van der Waals surface area contributed by atoms with Gasteiger partial charge in [0.1, 0.15) is 0 Å². The van der Waals surface area contributed by atoms with E-state index >= 15 is 0 Å². The minimum atomic E-state index is -0.0736. The maximum absolute atomic E-state index is 12.5. The molecule has 0 aromatic heterocycles. The Balaban J connectivity index is 2.28. The van der Waals surface area contributed by atoms with Crippen LogP contribution in [-0.4, -0.2) is 18.0 Å². The number of nitrogens with two attached hydrogens (primary N) is 1. The summed E-state index contributed by atoms with van der Waals surface area (Å²) in [4.78, 5) is 12.5. The van der Waals surface area contributed by atoms with E-state index in [0.717, 1.165) is 4.47 Å². The molecule has 1 aromatic carbocycles. The molecule has 4 heteroatoms. The number of benzene rings is 1. The molecular weight excluding hydrogens is 294 g/mol. The molecule has 0 spiro atoms. The van der Waals surface area contributed by atoms with Gasteiger partial charge in [-0.25, -0.2) is 0 Å². The zero-order valence-corrected chi connectivity index (χ0v) is 12.4. The van der Waals surface area contributed by atoms with Gasteiger partial charge in [0.25, 0.3) is 0 Å². The van der Waals surface area contributed by atoms with Crippen LogP contribution in [0.15, 0.2) is 22.7 Å². The third-order valence-corrected chi connectivity index (χ3v) is 4.52. The van der Waals surface area contributed by atoms with Crippen molar-refractivity contribution >= 4 is 27.4 Å². The largest absolute Gasteiger partial charge is 0.398 e. The molecule has 4 unspecified atom stereocenters. The lowest BCUT2D eigenvalue weighted by Crippen LogP contribution is -2.26. The number of carbonyl (C=O) groups excluding carboxylic acids is 1. The molecule has 1 aromatic rings. The van der Waals surface area contributed by atoms with Crippen LogP contribution in [-0.2, 0) is 4.74 Å². The smallest absolute Gasteiger partial charge is 0.168 e. The van der Waals surface area contributed by atoms with E-state index in [9.17, 15) is 4.79 Å². The number of ether oxygens (including phenoxy) is 1. The van der Waals surface area contributed by atoms with Crippen molar-refractivity contribution in [2.45, 2.75) is 33.0 Å². The van der Waals surface area contributed by atoms with Crippen molar-refractivity contribution in [1.82, 2.24) is 0 Å². The molecule has 0 aliphatic carbocycles. The van der Waals surface area contributed by atoms with Crippen LogP contribution in [0.2, 0.25) is 0 Å². The van der Waals surface area contributed by atoms with Gasteiger partial charge in [0.2, 0.25) is 0 Å². The predicted octanol–water partition coefficient (Wildman–Crippen LogP) is 3.27. The van der Waals surface area contributed by atoms with Crippen LogP contribution in [0.25, 0.3) is 0 Å². The summed E-state index contributed by atoms with van der Waals surface area (Å²) in [7, 11) is 0. The maximum Gasteiger partial charge on any atom is 0.168 e. The summed E-state index contributed by atoms with van der Waals surface area (Å²) in [6, 6.07) is 5.33. The fourth-order valence-corrected chi connectivity index (χ4v) is 2.97. The summed E-state index contributed by atoms with van der Waals surface area (Å²) in [5.74, 6) is 0.305. The second-order valence-electron chi connectivity index (χ2n) is 5.03. The highest BCUT2D eigenvalue weighted by Gasteiger charge is 2.41. The van der Waals surface area contributed by atoms with Crippen molar-refractivity contribution in [2.75, 3.05) is 5.73 Å². The fraction of sp³-hybridized carbons (Fsp3) is 0.500. The first-order valence-electron chi connectivity index (χ1n) is 6.16. The molecule has 2 rings (SSSR count). The molecule has 1 fully saturated rings. The summed E-state index contributed by atoms with van der Waals surface area (Å²) < 4.78 is 6.49. The van der Waals surface area contributed by atoms with Gasteiger partial charge < -0.3 is 10.5 Å². The van der Waals surface area contributed by atoms with Gasteiger partial charge in [0, 0.05) is 15.7 Å². The number of hydrogen-bond donors (Lipinski definition) is 1. The van der Waals surface area contributed by atoms with Crippen molar-refractivity contribution < 1.29 is 9.53 Å². The molecule has 0 radical (unpaired) electrons. The maximum atomic E-state index is 12.5. The minimum Gasteiger partial charge on any atom is -0.398 e. The average molecular weight is 312 g/mol. The Bertz CT molecular complexity index is 475. The van der Waals surface area contributed by atoms with Gasteiger partial charge in [-0.1, -0.05) is 6.92 Å². The van der Waals surface area contributed by atoms with E-state index in [1.807, 2.05) is 13.8 Å². The number of halogens is 1. The van der Waals surface area contributed by atoms with Crippen LogP contribution in [0.5, 0.6) is 0 Å². The number of rotatable bonds is 2. The number of carbonyl (C=O) groups is 1. The molecule has 3 nitrogen and oxygen atoms in total. The molecule has 2 N–H and O–H groups in total. The first-order valence-corrected chi connectivity index (χ1v) is 6.95. The zero-order chi connectivity index (χ0) is 13.4. The molecule has 1 aliphatic rings. The van der Waals surface area contributed by atoms with Gasteiger partial charge in [-0.05, 0) is 53.9 Å². The van der Waals surface area contributed by atoms with Gasteiger partial charge in [-0.2, -0.15) is 0 Å². The standard InChI is InChI=1S/C14H18BrNO2/c1-7-8(2)18-9(3)13(7)14(17)10-4-5-12(16)11(15)6-10/h4-9,13H,16H2,1-3H3. The Morgan fingerprint density at radius 1 is 1.28 bits per heavy atom. The van der Waals surface area contributed by atoms with Gasteiger partial charge in [0.05, 0.1) is 18.1 Å². The third kappa shape index (κ3) is 2.31. The van der Waals surface area contributed by atoms with Gasteiger partial charge in [-0.3, -0.25) is 4.79 Å². The van der Waals surface area contributed by atoms with E-state index in [1.165, 1.54) is 0 Å². The summed E-state index contributed by atoms with van der Waals surface area (Å²) in [5, 5.41) is 0. The molecular formula is C14H18BrNO2. The summed E-state index contributed by atoms with van der Waals surface area (Å²) in [6.45, 7) is 6.06. The van der Waals surface area contributed by atoms with Crippen molar-refractivity contribution in [3.8, 4) is 0 Å². The normalized spacial score (nSPS) is 31.6. The number of hydrogen-bond acceptors (Lipinski definition) is 3. The summed E-state index contributed by atoms with van der Waals surface area (Å²) in [5.41, 5.74) is 7.07. The second-order valence-corrected chi connectivity index (χ2v) is 5.89. The lowest BCUT2D eigenvalue weighted by molar-refractivity contribution is 0.0491. The Morgan fingerprint density at radius 3 is 2.44 bits per heavy atom. The molecule has 0 bridgehead atoms.